The van der Waals surface area contributed by atoms with Crippen molar-refractivity contribution < 1.29 is 14.0 Å². The predicted molar refractivity (Wildman–Crippen MR) is 145 cm³/mol. The molecule has 2 N–H and O–H groups in total. The van der Waals surface area contributed by atoms with Crippen LogP contribution in [0, 0.1) is 5.82 Å². The van der Waals surface area contributed by atoms with E-state index in [9.17, 15) is 14.0 Å². The molecule has 1 saturated heterocycles. The van der Waals surface area contributed by atoms with Crippen molar-refractivity contribution in [2.24, 2.45) is 0 Å². The summed E-state index contributed by atoms with van der Waals surface area (Å²) >= 11 is 6.15. The van der Waals surface area contributed by atoms with Crippen molar-refractivity contribution in [1.82, 2.24) is 30.4 Å². The van der Waals surface area contributed by atoms with E-state index < -0.39 is 0 Å². The van der Waals surface area contributed by atoms with Gasteiger partial charge in [0.1, 0.15) is 5.82 Å². The molecule has 0 bridgehead atoms. The molecule has 0 aliphatic carbocycles. The zero-order valence-corrected chi connectivity index (χ0v) is 22.0. The van der Waals surface area contributed by atoms with Crippen LogP contribution in [-0.2, 0) is 6.54 Å². The molecule has 1 fully saturated rings. The monoisotopic (exact) mass is 536 g/mol. The summed E-state index contributed by atoms with van der Waals surface area (Å²) in [6.45, 7) is 4.42. The average molecular weight is 537 g/mol. The standard InChI is InChI=1S/C28H30ClFN6O2/c1-2-31-28(38)34-17-20(16-19-6-10-22(30)11-7-19)26-24(18-34)25(27(37)33-35-14-4-3-5-15-35)32-36(26)23-12-8-21(29)9-13-23/h6-13,16H,2-5,14-15,17-18H2,1H3,(H,31,38)(H,33,37). The van der Waals surface area contributed by atoms with Crippen molar-refractivity contribution in [2.75, 3.05) is 26.2 Å². The molecule has 198 valence electrons. The van der Waals surface area contributed by atoms with E-state index in [0.29, 0.717) is 23.7 Å². The van der Waals surface area contributed by atoms with Crippen molar-refractivity contribution in [3.63, 3.8) is 0 Å². The van der Waals surface area contributed by atoms with E-state index in [1.54, 1.807) is 33.8 Å². The minimum Gasteiger partial charge on any atom is -0.338 e. The zero-order valence-electron chi connectivity index (χ0n) is 21.2. The number of urea groups is 1. The number of halogens is 2. The molecule has 10 heteroatoms. The Morgan fingerprint density at radius 1 is 1.03 bits per heavy atom. The van der Waals surface area contributed by atoms with Crippen molar-refractivity contribution >= 4 is 35.2 Å². The molecule has 2 aromatic carbocycles. The number of carbonyl (C=O) groups excluding carboxylic acids is 2. The Morgan fingerprint density at radius 3 is 2.42 bits per heavy atom. The van der Waals surface area contributed by atoms with Crippen molar-refractivity contribution in [3.8, 4) is 5.69 Å². The highest BCUT2D eigenvalue weighted by Crippen LogP contribution is 2.34. The smallest absolute Gasteiger partial charge is 0.317 e. The number of hydrogen-bond donors (Lipinski definition) is 2. The van der Waals surface area contributed by atoms with E-state index in [-0.39, 0.29) is 30.0 Å². The third-order valence-corrected chi connectivity index (χ3v) is 6.98. The maximum Gasteiger partial charge on any atom is 0.317 e. The maximum atomic E-state index is 13.6. The number of nitrogens with one attached hydrogen (secondary N) is 2. The summed E-state index contributed by atoms with van der Waals surface area (Å²) in [6, 6.07) is 13.1. The Morgan fingerprint density at radius 2 is 1.74 bits per heavy atom. The first kappa shape index (κ1) is 25.9. The van der Waals surface area contributed by atoms with Gasteiger partial charge in [-0.3, -0.25) is 10.2 Å². The van der Waals surface area contributed by atoms with Gasteiger partial charge in [-0.1, -0.05) is 30.2 Å². The molecule has 0 saturated carbocycles. The number of amides is 3. The van der Waals surface area contributed by atoms with E-state index in [1.807, 2.05) is 30.1 Å². The molecule has 0 atom stereocenters. The molecule has 8 nitrogen and oxygen atoms in total. The number of benzene rings is 2. The Hall–Kier alpha value is -3.69. The van der Waals surface area contributed by atoms with Gasteiger partial charge in [0.15, 0.2) is 5.69 Å². The lowest BCUT2D eigenvalue weighted by Gasteiger charge is -2.30. The summed E-state index contributed by atoms with van der Waals surface area (Å²) in [4.78, 5) is 28.2. The fourth-order valence-corrected chi connectivity index (χ4v) is 5.02. The van der Waals surface area contributed by atoms with Crippen LogP contribution in [0.1, 0.15) is 53.5 Å². The molecular weight excluding hydrogens is 507 g/mol. The summed E-state index contributed by atoms with van der Waals surface area (Å²) in [5, 5.41) is 10.2. The third kappa shape index (κ3) is 5.58. The summed E-state index contributed by atoms with van der Waals surface area (Å²) in [5.41, 5.74) is 6.96. The van der Waals surface area contributed by atoms with Crippen LogP contribution in [0.3, 0.4) is 0 Å². The highest BCUT2D eigenvalue weighted by Gasteiger charge is 2.34. The van der Waals surface area contributed by atoms with Gasteiger partial charge in [-0.05, 0) is 73.4 Å². The second-order valence-corrected chi connectivity index (χ2v) is 9.90. The van der Waals surface area contributed by atoms with E-state index in [1.165, 1.54) is 12.1 Å². The van der Waals surface area contributed by atoms with Gasteiger partial charge in [0.25, 0.3) is 5.91 Å². The van der Waals surface area contributed by atoms with Crippen molar-refractivity contribution in [3.05, 3.63) is 81.9 Å². The fourth-order valence-electron chi connectivity index (χ4n) is 4.89. The topological polar surface area (TPSA) is 82.5 Å². The van der Waals surface area contributed by atoms with Crippen LogP contribution in [0.5, 0.6) is 0 Å². The fraction of sp³-hybridized carbons (Fsp3) is 0.321. The molecule has 1 aromatic heterocycles. The van der Waals surface area contributed by atoms with Gasteiger partial charge in [-0.15, -0.1) is 0 Å². The van der Waals surface area contributed by atoms with E-state index in [2.05, 4.69) is 10.7 Å². The van der Waals surface area contributed by atoms with Gasteiger partial charge in [-0.25, -0.2) is 18.9 Å². The second-order valence-electron chi connectivity index (χ2n) is 9.47. The first-order valence-corrected chi connectivity index (χ1v) is 13.2. The van der Waals surface area contributed by atoms with Gasteiger partial charge in [-0.2, -0.15) is 5.10 Å². The Bertz CT molecular complexity index is 1350. The van der Waals surface area contributed by atoms with Crippen molar-refractivity contribution in [2.45, 2.75) is 32.7 Å². The van der Waals surface area contributed by atoms with Crippen LogP contribution in [-0.4, -0.2) is 57.8 Å². The van der Waals surface area contributed by atoms with Gasteiger partial charge >= 0.3 is 6.03 Å². The number of piperidine rings is 1. The maximum absolute atomic E-state index is 13.6. The Labute approximate surface area is 226 Å². The Kier molecular flexibility index (Phi) is 7.76. The molecule has 0 unspecified atom stereocenters. The van der Waals surface area contributed by atoms with Gasteiger partial charge in [0.05, 0.1) is 17.9 Å². The normalized spacial score (nSPS) is 16.8. The number of nitrogens with zero attached hydrogens (tertiary/aromatic N) is 4. The first-order chi connectivity index (χ1) is 18.4. The van der Waals surface area contributed by atoms with Crippen LogP contribution < -0.4 is 10.7 Å². The minimum absolute atomic E-state index is 0.221. The molecule has 2 aliphatic heterocycles. The Balaban J connectivity index is 1.64. The molecule has 0 spiro atoms. The van der Waals surface area contributed by atoms with Crippen LogP contribution in [0.15, 0.2) is 48.5 Å². The summed E-state index contributed by atoms with van der Waals surface area (Å²) in [7, 11) is 0. The zero-order chi connectivity index (χ0) is 26.6. The number of rotatable bonds is 5. The van der Waals surface area contributed by atoms with Gasteiger partial charge in [0.2, 0.25) is 0 Å². The minimum atomic E-state index is -0.330. The van der Waals surface area contributed by atoms with E-state index >= 15 is 0 Å². The van der Waals surface area contributed by atoms with Crippen LogP contribution in [0.4, 0.5) is 9.18 Å². The number of hydrogen-bond acceptors (Lipinski definition) is 4. The molecule has 2 aliphatic rings. The van der Waals surface area contributed by atoms with Gasteiger partial charge < -0.3 is 10.2 Å². The van der Waals surface area contributed by atoms with Crippen molar-refractivity contribution in [1.29, 1.82) is 0 Å². The summed E-state index contributed by atoms with van der Waals surface area (Å²) in [6.07, 6.45) is 5.09. The lowest BCUT2D eigenvalue weighted by atomic mass is 9.97. The lowest BCUT2D eigenvalue weighted by Crippen LogP contribution is -2.46. The summed E-state index contributed by atoms with van der Waals surface area (Å²) in [5.74, 6) is -0.641. The molecular formula is C28H30ClFN6O2. The van der Waals surface area contributed by atoms with Crippen LogP contribution >= 0.6 is 11.6 Å². The molecule has 3 aromatic rings. The van der Waals surface area contributed by atoms with Gasteiger partial charge in [0, 0.05) is 36.8 Å². The number of fused-ring (bicyclic) bond motifs is 1. The summed E-state index contributed by atoms with van der Waals surface area (Å²) < 4.78 is 15.3. The molecule has 3 heterocycles. The quantitative estimate of drug-likeness (QED) is 0.487. The second kappa shape index (κ2) is 11.4. The molecule has 5 rings (SSSR count). The highest BCUT2D eigenvalue weighted by atomic mass is 35.5. The van der Waals surface area contributed by atoms with E-state index in [0.717, 1.165) is 54.9 Å². The molecule has 0 radical (unpaired) electrons. The van der Waals surface area contributed by atoms with Crippen LogP contribution in [0.25, 0.3) is 17.3 Å². The molecule has 3 amide bonds. The SMILES string of the molecule is CCNC(=O)N1CC(=Cc2ccc(F)cc2)c2c(c(C(=O)NN3CCCCC3)nn2-c2ccc(Cl)cc2)C1. The number of hydrazine groups is 1. The molecule has 38 heavy (non-hydrogen) atoms. The van der Waals surface area contributed by atoms with E-state index in [4.69, 9.17) is 16.7 Å². The highest BCUT2D eigenvalue weighted by molar-refractivity contribution is 6.30. The number of aromatic nitrogens is 2. The lowest BCUT2D eigenvalue weighted by molar-refractivity contribution is 0.0742. The van der Waals surface area contributed by atoms with Crippen LogP contribution in [0.2, 0.25) is 5.02 Å². The first-order valence-electron chi connectivity index (χ1n) is 12.9. The number of carbonyl (C=O) groups is 2. The largest absolute Gasteiger partial charge is 0.338 e. The average Bonchev–Trinajstić information content (AvgIpc) is 3.31. The predicted octanol–water partition coefficient (Wildman–Crippen LogP) is 4.88. The third-order valence-electron chi connectivity index (χ3n) is 6.73.